The van der Waals surface area contributed by atoms with Crippen molar-refractivity contribution in [3.8, 4) is 33.4 Å². The van der Waals surface area contributed by atoms with E-state index in [0.717, 1.165) is 28.4 Å². The molecule has 56 heavy (non-hydrogen) atoms. The van der Waals surface area contributed by atoms with Crippen LogP contribution < -0.4 is 10.2 Å². The molecule has 10 aromatic carbocycles. The molecular formula is C54H38N2. The maximum Gasteiger partial charge on any atom is 0.0464 e. The van der Waals surface area contributed by atoms with Gasteiger partial charge in [0.1, 0.15) is 0 Å². The number of hydrogen-bond donors (Lipinski definition) is 1. The Bertz CT molecular complexity index is 2950. The van der Waals surface area contributed by atoms with E-state index in [9.17, 15) is 0 Å². The number of rotatable bonds is 8. The number of hydrogen-bond acceptors (Lipinski definition) is 2. The first-order chi connectivity index (χ1) is 27.8. The average Bonchev–Trinajstić information content (AvgIpc) is 3.28. The zero-order valence-corrected chi connectivity index (χ0v) is 30.8. The van der Waals surface area contributed by atoms with Gasteiger partial charge in [-0.2, -0.15) is 0 Å². The van der Waals surface area contributed by atoms with Gasteiger partial charge in [0, 0.05) is 34.0 Å². The van der Waals surface area contributed by atoms with E-state index in [-0.39, 0.29) is 0 Å². The Balaban J connectivity index is 0.951. The molecule has 0 saturated carbocycles. The molecule has 10 rings (SSSR count). The molecule has 0 aliphatic carbocycles. The monoisotopic (exact) mass is 714 g/mol. The smallest absolute Gasteiger partial charge is 0.0464 e. The van der Waals surface area contributed by atoms with Gasteiger partial charge >= 0.3 is 0 Å². The molecule has 0 spiro atoms. The lowest BCUT2D eigenvalue weighted by molar-refractivity contribution is 1.28. The first-order valence-electron chi connectivity index (χ1n) is 19.2. The summed E-state index contributed by atoms with van der Waals surface area (Å²) in [6, 6.07) is 80.5. The fraction of sp³-hybridized carbons (Fsp3) is 0. The normalized spacial score (nSPS) is 11.2. The number of anilines is 5. The molecule has 0 aliphatic rings. The number of fused-ring (bicyclic) bond motifs is 5. The van der Waals surface area contributed by atoms with Crippen LogP contribution in [0.15, 0.2) is 224 Å². The second-order valence-electron chi connectivity index (χ2n) is 14.2. The van der Waals surface area contributed by atoms with Crippen molar-refractivity contribution < 1.29 is 0 Å². The second kappa shape index (κ2) is 14.4. The fourth-order valence-corrected chi connectivity index (χ4v) is 8.08. The number of para-hydroxylation sites is 2. The molecule has 264 valence electrons. The topological polar surface area (TPSA) is 15.3 Å². The summed E-state index contributed by atoms with van der Waals surface area (Å²) in [5, 5.41) is 11.4. The SMILES string of the molecule is c1ccc(-c2ccc(N(c3ccccc3)c3ccc(-c4ccc(Nc5ccccc5-c5cc6ccccc6c6ccc7ccccc7c56)cc4)cc3)cc2)cc1. The van der Waals surface area contributed by atoms with E-state index >= 15 is 0 Å². The molecule has 0 fully saturated rings. The molecule has 2 heteroatoms. The molecule has 0 radical (unpaired) electrons. The van der Waals surface area contributed by atoms with Crippen LogP contribution in [0.25, 0.3) is 65.7 Å². The highest BCUT2D eigenvalue weighted by atomic mass is 15.1. The Morgan fingerprint density at radius 3 is 1.48 bits per heavy atom. The van der Waals surface area contributed by atoms with Crippen molar-refractivity contribution in [2.24, 2.45) is 0 Å². The van der Waals surface area contributed by atoms with Crippen LogP contribution in [-0.4, -0.2) is 0 Å². The van der Waals surface area contributed by atoms with Gasteiger partial charge in [-0.15, -0.1) is 0 Å². The Morgan fingerprint density at radius 1 is 0.304 bits per heavy atom. The van der Waals surface area contributed by atoms with Crippen molar-refractivity contribution in [2.45, 2.75) is 0 Å². The Morgan fingerprint density at radius 2 is 0.804 bits per heavy atom. The maximum absolute atomic E-state index is 3.78. The molecule has 0 aliphatic heterocycles. The number of nitrogens with zero attached hydrogens (tertiary/aromatic N) is 1. The number of benzene rings is 10. The van der Waals surface area contributed by atoms with Crippen LogP contribution in [-0.2, 0) is 0 Å². The van der Waals surface area contributed by atoms with E-state index in [0.29, 0.717) is 0 Å². The van der Waals surface area contributed by atoms with E-state index in [1.807, 2.05) is 0 Å². The molecule has 0 atom stereocenters. The van der Waals surface area contributed by atoms with E-state index < -0.39 is 0 Å². The van der Waals surface area contributed by atoms with Crippen LogP contribution in [0.4, 0.5) is 28.4 Å². The maximum atomic E-state index is 3.78. The third-order valence-corrected chi connectivity index (χ3v) is 10.8. The standard InChI is InChI=1S/C54H38N2/c1-3-13-38(14-4-1)40-25-32-46(33-26-40)56(45-17-5-2-6-18-45)47-34-27-41(28-35-47)39-23-30-44(31-24-39)55-53-22-12-11-21-50(53)52-37-43-16-8-9-19-48(43)51-36-29-42-15-7-10-20-49(42)54(51)52/h1-37,55H. The summed E-state index contributed by atoms with van der Waals surface area (Å²) in [5.74, 6) is 0. The van der Waals surface area contributed by atoms with E-state index in [4.69, 9.17) is 0 Å². The summed E-state index contributed by atoms with van der Waals surface area (Å²) in [6.07, 6.45) is 0. The molecule has 0 amide bonds. The third-order valence-electron chi connectivity index (χ3n) is 10.8. The van der Waals surface area contributed by atoms with E-state index in [1.165, 1.54) is 65.7 Å². The van der Waals surface area contributed by atoms with E-state index in [1.54, 1.807) is 0 Å². The molecule has 2 nitrogen and oxygen atoms in total. The molecule has 10 aromatic rings. The van der Waals surface area contributed by atoms with Gasteiger partial charge in [0.05, 0.1) is 0 Å². The van der Waals surface area contributed by atoms with Gasteiger partial charge in [-0.25, -0.2) is 0 Å². The van der Waals surface area contributed by atoms with Crippen molar-refractivity contribution in [2.75, 3.05) is 10.2 Å². The predicted molar refractivity (Wildman–Crippen MR) is 240 cm³/mol. The number of nitrogens with one attached hydrogen (secondary N) is 1. The van der Waals surface area contributed by atoms with Crippen molar-refractivity contribution in [1.82, 2.24) is 0 Å². The van der Waals surface area contributed by atoms with Crippen LogP contribution in [0.2, 0.25) is 0 Å². The zero-order chi connectivity index (χ0) is 37.3. The zero-order valence-electron chi connectivity index (χ0n) is 30.8. The molecule has 0 bridgehead atoms. The minimum absolute atomic E-state index is 1.04. The molecule has 0 unspecified atom stereocenters. The minimum atomic E-state index is 1.04. The molecule has 1 N–H and O–H groups in total. The summed E-state index contributed by atoms with van der Waals surface area (Å²) in [6.45, 7) is 0. The van der Waals surface area contributed by atoms with Gasteiger partial charge < -0.3 is 10.2 Å². The van der Waals surface area contributed by atoms with Crippen molar-refractivity contribution >= 4 is 60.8 Å². The van der Waals surface area contributed by atoms with Gasteiger partial charge in [-0.3, -0.25) is 0 Å². The largest absolute Gasteiger partial charge is 0.355 e. The Hall–Kier alpha value is -7.42. The summed E-state index contributed by atoms with van der Waals surface area (Å²) in [4.78, 5) is 2.31. The summed E-state index contributed by atoms with van der Waals surface area (Å²) < 4.78 is 0. The second-order valence-corrected chi connectivity index (χ2v) is 14.2. The molecule has 0 saturated heterocycles. The van der Waals surface area contributed by atoms with Crippen LogP contribution in [0.5, 0.6) is 0 Å². The van der Waals surface area contributed by atoms with Crippen molar-refractivity contribution in [1.29, 1.82) is 0 Å². The van der Waals surface area contributed by atoms with Crippen LogP contribution in [0.3, 0.4) is 0 Å². The summed E-state index contributed by atoms with van der Waals surface area (Å²) >= 11 is 0. The van der Waals surface area contributed by atoms with Crippen LogP contribution in [0.1, 0.15) is 0 Å². The third kappa shape index (κ3) is 6.24. The van der Waals surface area contributed by atoms with Crippen molar-refractivity contribution in [3.05, 3.63) is 224 Å². The highest BCUT2D eigenvalue weighted by molar-refractivity contribution is 6.23. The summed E-state index contributed by atoms with van der Waals surface area (Å²) in [5.41, 5.74) is 12.6. The minimum Gasteiger partial charge on any atom is -0.355 e. The molecular weight excluding hydrogens is 677 g/mol. The first kappa shape index (κ1) is 33.2. The van der Waals surface area contributed by atoms with Gasteiger partial charge in [-0.1, -0.05) is 164 Å². The lowest BCUT2D eigenvalue weighted by Gasteiger charge is -2.26. The first-order valence-corrected chi connectivity index (χ1v) is 19.2. The molecule has 0 aromatic heterocycles. The Kier molecular flexibility index (Phi) is 8.55. The van der Waals surface area contributed by atoms with Gasteiger partial charge in [0.25, 0.3) is 0 Å². The van der Waals surface area contributed by atoms with Gasteiger partial charge in [-0.05, 0) is 121 Å². The van der Waals surface area contributed by atoms with Crippen LogP contribution in [0, 0.1) is 0 Å². The van der Waals surface area contributed by atoms with Gasteiger partial charge in [0.2, 0.25) is 0 Å². The Labute approximate surface area is 327 Å². The van der Waals surface area contributed by atoms with Crippen molar-refractivity contribution in [3.63, 3.8) is 0 Å². The lowest BCUT2D eigenvalue weighted by Crippen LogP contribution is -2.09. The van der Waals surface area contributed by atoms with E-state index in [2.05, 4.69) is 235 Å². The summed E-state index contributed by atoms with van der Waals surface area (Å²) in [7, 11) is 0. The highest BCUT2D eigenvalue weighted by Crippen LogP contribution is 2.42. The highest BCUT2D eigenvalue weighted by Gasteiger charge is 2.16. The lowest BCUT2D eigenvalue weighted by atomic mass is 9.89. The molecule has 0 heterocycles. The van der Waals surface area contributed by atoms with Crippen LogP contribution >= 0.6 is 0 Å². The van der Waals surface area contributed by atoms with Gasteiger partial charge in [0.15, 0.2) is 0 Å². The fourth-order valence-electron chi connectivity index (χ4n) is 8.08. The predicted octanol–water partition coefficient (Wildman–Crippen LogP) is 15.4. The quantitative estimate of drug-likeness (QED) is 0.158. The average molecular weight is 715 g/mol.